The Morgan fingerprint density at radius 3 is 2.35 bits per heavy atom. The molecular weight excluding hydrogens is 494 g/mol. The molecule has 0 spiro atoms. The van der Waals surface area contributed by atoms with E-state index in [1.165, 1.54) is 12.1 Å². The SMILES string of the molecule is COc1ccccc1N1C(=S)N[C@@H](c2ccccn2)[C@@H]1c1ccc(-c2cc(C(=O)O)cc(C(=O)O)c2)o1. The van der Waals surface area contributed by atoms with Crippen LogP contribution >= 0.6 is 12.2 Å². The lowest BCUT2D eigenvalue weighted by Gasteiger charge is -2.27. The molecule has 0 bridgehead atoms. The molecule has 2 atom stereocenters. The van der Waals surface area contributed by atoms with Gasteiger partial charge in [-0.2, -0.15) is 0 Å². The molecule has 0 saturated carbocycles. The number of thiocarbonyl (C=S) groups is 1. The second-order valence-electron chi connectivity index (χ2n) is 8.28. The molecule has 0 unspecified atom stereocenters. The highest BCUT2D eigenvalue weighted by molar-refractivity contribution is 7.80. The molecule has 1 aliphatic rings. The number of benzene rings is 2. The molecular formula is C27H21N3O6S. The summed E-state index contributed by atoms with van der Waals surface area (Å²) >= 11 is 5.74. The molecule has 0 aliphatic carbocycles. The van der Waals surface area contributed by atoms with Crippen LogP contribution in [0.1, 0.15) is 44.3 Å². The average Bonchev–Trinajstić information content (AvgIpc) is 3.53. The molecule has 1 fully saturated rings. The molecule has 1 saturated heterocycles. The molecule has 5 rings (SSSR count). The van der Waals surface area contributed by atoms with Crippen molar-refractivity contribution in [1.29, 1.82) is 0 Å². The first-order valence-corrected chi connectivity index (χ1v) is 11.6. The second kappa shape index (κ2) is 9.75. The molecule has 0 radical (unpaired) electrons. The smallest absolute Gasteiger partial charge is 0.335 e. The predicted octanol–water partition coefficient (Wildman–Crippen LogP) is 4.92. The van der Waals surface area contributed by atoms with Crippen LogP contribution in [-0.4, -0.2) is 39.4 Å². The minimum absolute atomic E-state index is 0.154. The van der Waals surface area contributed by atoms with Crippen molar-refractivity contribution < 1.29 is 29.0 Å². The zero-order valence-corrected chi connectivity index (χ0v) is 20.3. The Morgan fingerprint density at radius 2 is 1.70 bits per heavy atom. The van der Waals surface area contributed by atoms with Gasteiger partial charge in [0.05, 0.1) is 35.7 Å². The summed E-state index contributed by atoms with van der Waals surface area (Å²) in [6.07, 6.45) is 1.70. The Hall–Kier alpha value is -4.70. The zero-order valence-electron chi connectivity index (χ0n) is 19.5. The Kier molecular flexibility index (Phi) is 6.33. The van der Waals surface area contributed by atoms with Gasteiger partial charge in [0.1, 0.15) is 23.3 Å². The summed E-state index contributed by atoms with van der Waals surface area (Å²) in [4.78, 5) is 29.6. The van der Waals surface area contributed by atoms with Crippen molar-refractivity contribution in [1.82, 2.24) is 10.3 Å². The number of furan rings is 1. The number of aromatic nitrogens is 1. The number of ether oxygens (including phenoxy) is 1. The van der Waals surface area contributed by atoms with Crippen molar-refractivity contribution in [2.45, 2.75) is 12.1 Å². The van der Waals surface area contributed by atoms with Gasteiger partial charge in [-0.15, -0.1) is 0 Å². The number of carboxylic acid groups (broad SMARTS) is 2. The second-order valence-corrected chi connectivity index (χ2v) is 8.67. The maximum absolute atomic E-state index is 11.6. The minimum atomic E-state index is -1.24. The highest BCUT2D eigenvalue weighted by atomic mass is 32.1. The lowest BCUT2D eigenvalue weighted by Crippen LogP contribution is -2.29. The molecule has 37 heavy (non-hydrogen) atoms. The molecule has 10 heteroatoms. The van der Waals surface area contributed by atoms with Gasteiger partial charge in [-0.25, -0.2) is 9.59 Å². The normalized spacial score (nSPS) is 16.9. The van der Waals surface area contributed by atoms with Crippen LogP contribution in [0.4, 0.5) is 5.69 Å². The number of hydrogen-bond acceptors (Lipinski definition) is 6. The number of pyridine rings is 1. The Labute approximate surface area is 216 Å². The summed E-state index contributed by atoms with van der Waals surface area (Å²) in [6.45, 7) is 0. The Balaban J connectivity index is 1.63. The number of anilines is 1. The number of hydrogen-bond donors (Lipinski definition) is 3. The van der Waals surface area contributed by atoms with Crippen LogP contribution in [0.2, 0.25) is 0 Å². The number of nitrogens with one attached hydrogen (secondary N) is 1. The quantitative estimate of drug-likeness (QED) is 0.292. The molecule has 9 nitrogen and oxygen atoms in total. The average molecular weight is 516 g/mol. The molecule has 4 aromatic rings. The molecule has 0 amide bonds. The van der Waals surface area contributed by atoms with Crippen molar-refractivity contribution in [3.8, 4) is 17.1 Å². The topological polar surface area (TPSA) is 125 Å². The number of rotatable bonds is 7. The maximum Gasteiger partial charge on any atom is 0.335 e. The van der Waals surface area contributed by atoms with E-state index in [4.69, 9.17) is 21.4 Å². The van der Waals surface area contributed by atoms with E-state index >= 15 is 0 Å². The van der Waals surface area contributed by atoms with Crippen LogP contribution in [0.5, 0.6) is 5.75 Å². The number of nitrogens with zero attached hydrogens (tertiary/aromatic N) is 2. The zero-order chi connectivity index (χ0) is 26.1. The summed E-state index contributed by atoms with van der Waals surface area (Å²) in [5.41, 5.74) is 1.49. The Bertz CT molecular complexity index is 1470. The van der Waals surface area contributed by atoms with Crippen molar-refractivity contribution in [3.63, 3.8) is 0 Å². The lowest BCUT2D eigenvalue weighted by atomic mass is 10.0. The van der Waals surface area contributed by atoms with Gasteiger partial charge in [-0.3, -0.25) is 4.98 Å². The minimum Gasteiger partial charge on any atom is -0.495 e. The molecule has 186 valence electrons. The van der Waals surface area contributed by atoms with Crippen LogP contribution in [0, 0.1) is 0 Å². The van der Waals surface area contributed by atoms with E-state index in [0.29, 0.717) is 27.9 Å². The van der Waals surface area contributed by atoms with Crippen LogP contribution in [-0.2, 0) is 0 Å². The van der Waals surface area contributed by atoms with Crippen LogP contribution < -0.4 is 15.0 Å². The third kappa shape index (κ3) is 4.50. The van der Waals surface area contributed by atoms with E-state index in [2.05, 4.69) is 10.3 Å². The van der Waals surface area contributed by atoms with Gasteiger partial charge in [0.2, 0.25) is 0 Å². The summed E-state index contributed by atoms with van der Waals surface area (Å²) in [7, 11) is 1.58. The van der Waals surface area contributed by atoms with Crippen LogP contribution in [0.15, 0.2) is 83.4 Å². The third-order valence-corrected chi connectivity index (χ3v) is 6.39. The van der Waals surface area contributed by atoms with E-state index in [1.807, 2.05) is 47.4 Å². The first-order valence-electron chi connectivity index (χ1n) is 11.2. The van der Waals surface area contributed by atoms with Gasteiger partial charge in [0.15, 0.2) is 5.11 Å². The van der Waals surface area contributed by atoms with Gasteiger partial charge >= 0.3 is 11.9 Å². The molecule has 3 heterocycles. The maximum atomic E-state index is 11.6. The lowest BCUT2D eigenvalue weighted by molar-refractivity contribution is 0.0696. The largest absolute Gasteiger partial charge is 0.495 e. The van der Waals surface area contributed by atoms with Crippen LogP contribution in [0.3, 0.4) is 0 Å². The third-order valence-electron chi connectivity index (χ3n) is 6.07. The van der Waals surface area contributed by atoms with E-state index in [1.54, 1.807) is 25.4 Å². The van der Waals surface area contributed by atoms with Gasteiger partial charge in [0.25, 0.3) is 0 Å². The number of carbonyl (C=O) groups is 2. The predicted molar refractivity (Wildman–Crippen MR) is 139 cm³/mol. The van der Waals surface area contributed by atoms with Gasteiger partial charge in [-0.05, 0) is 66.8 Å². The first-order chi connectivity index (χ1) is 17.9. The van der Waals surface area contributed by atoms with Gasteiger partial charge in [-0.1, -0.05) is 18.2 Å². The summed E-state index contributed by atoms with van der Waals surface area (Å²) < 4.78 is 11.8. The van der Waals surface area contributed by atoms with E-state index < -0.39 is 18.0 Å². The summed E-state index contributed by atoms with van der Waals surface area (Å²) in [5, 5.41) is 22.7. The molecule has 1 aliphatic heterocycles. The van der Waals surface area contributed by atoms with Crippen molar-refractivity contribution in [2.24, 2.45) is 0 Å². The first kappa shape index (κ1) is 24.0. The highest BCUT2D eigenvalue weighted by Gasteiger charge is 2.43. The van der Waals surface area contributed by atoms with Crippen molar-refractivity contribution in [2.75, 3.05) is 12.0 Å². The number of methoxy groups -OCH3 is 1. The number of carboxylic acids is 2. The van der Waals surface area contributed by atoms with Gasteiger partial charge in [0, 0.05) is 11.8 Å². The van der Waals surface area contributed by atoms with Crippen molar-refractivity contribution in [3.05, 3.63) is 102 Å². The molecule has 3 N–H and O–H groups in total. The van der Waals surface area contributed by atoms with Crippen LogP contribution in [0.25, 0.3) is 11.3 Å². The monoisotopic (exact) mass is 515 g/mol. The fourth-order valence-corrected chi connectivity index (χ4v) is 4.75. The fraction of sp³-hybridized carbons (Fsp3) is 0.111. The van der Waals surface area contributed by atoms with Crippen molar-refractivity contribution >= 4 is 35.0 Å². The molecule has 2 aromatic heterocycles. The Morgan fingerprint density at radius 1 is 1.00 bits per heavy atom. The van der Waals surface area contributed by atoms with E-state index in [0.717, 1.165) is 17.4 Å². The van der Waals surface area contributed by atoms with E-state index in [9.17, 15) is 19.8 Å². The van der Waals surface area contributed by atoms with E-state index in [-0.39, 0.29) is 17.2 Å². The fourth-order valence-electron chi connectivity index (χ4n) is 4.42. The standard InChI is InChI=1S/C27H21N3O6S/c1-35-21-8-3-2-7-19(21)30-24(23(29-27(30)37)18-6-4-5-11-28-18)22-10-9-20(36-22)15-12-16(25(31)32)14-17(13-15)26(33)34/h2-14,23-24H,1H3,(H,29,37)(H,31,32)(H,33,34)/t23-,24-/m0/s1. The summed E-state index contributed by atoms with van der Waals surface area (Å²) in [6, 6.07) is 19.5. The number of para-hydroxylation sites is 2. The number of aromatic carboxylic acids is 2. The summed E-state index contributed by atoms with van der Waals surface area (Å²) in [5.74, 6) is -1.02. The highest BCUT2D eigenvalue weighted by Crippen LogP contribution is 2.45. The molecule has 2 aromatic carbocycles. The van der Waals surface area contributed by atoms with Gasteiger partial charge < -0.3 is 29.6 Å².